The maximum absolute atomic E-state index is 11.0. The van der Waals surface area contributed by atoms with E-state index in [9.17, 15) is 4.79 Å². The van der Waals surface area contributed by atoms with E-state index in [1.165, 1.54) is 0 Å². The molecule has 0 aliphatic rings. The normalized spacial score (nSPS) is 10.0. The lowest BCUT2D eigenvalue weighted by Gasteiger charge is -2.11. The summed E-state index contributed by atoms with van der Waals surface area (Å²) in [6.07, 6.45) is 2.32. The van der Waals surface area contributed by atoms with Gasteiger partial charge < -0.3 is 9.47 Å². The largest absolute Gasteiger partial charge is 0.488 e. The van der Waals surface area contributed by atoms with E-state index in [0.29, 0.717) is 28.5 Å². The minimum Gasteiger partial charge on any atom is -0.488 e. The van der Waals surface area contributed by atoms with Crippen molar-refractivity contribution in [2.75, 3.05) is 7.11 Å². The molecular formula is C14H12ClNO3. The van der Waals surface area contributed by atoms with Gasteiger partial charge in [0.05, 0.1) is 23.3 Å². The van der Waals surface area contributed by atoms with Crippen LogP contribution in [0.1, 0.15) is 15.9 Å². The van der Waals surface area contributed by atoms with Gasteiger partial charge in [-0.15, -0.1) is 0 Å². The number of hydrogen-bond acceptors (Lipinski definition) is 4. The van der Waals surface area contributed by atoms with E-state index in [-0.39, 0.29) is 6.61 Å². The summed E-state index contributed by atoms with van der Waals surface area (Å²) in [6, 6.07) is 8.70. The number of nitrogens with zero attached hydrogens (tertiary/aromatic N) is 1. The molecule has 0 radical (unpaired) electrons. The van der Waals surface area contributed by atoms with E-state index in [2.05, 4.69) is 4.98 Å². The van der Waals surface area contributed by atoms with Crippen molar-refractivity contribution in [2.45, 2.75) is 6.61 Å². The molecule has 0 spiro atoms. The fourth-order valence-electron chi connectivity index (χ4n) is 1.63. The van der Waals surface area contributed by atoms with Gasteiger partial charge in [0, 0.05) is 6.20 Å². The van der Waals surface area contributed by atoms with Crippen molar-refractivity contribution >= 4 is 17.9 Å². The van der Waals surface area contributed by atoms with Gasteiger partial charge in [0.15, 0.2) is 6.29 Å². The number of halogens is 1. The molecule has 5 heteroatoms. The van der Waals surface area contributed by atoms with E-state index in [4.69, 9.17) is 21.1 Å². The fourth-order valence-corrected chi connectivity index (χ4v) is 1.84. The van der Waals surface area contributed by atoms with Gasteiger partial charge in [0.2, 0.25) is 5.88 Å². The molecule has 0 fully saturated rings. The molecule has 1 aromatic carbocycles. The summed E-state index contributed by atoms with van der Waals surface area (Å²) in [4.78, 5) is 15.1. The smallest absolute Gasteiger partial charge is 0.219 e. The minimum absolute atomic E-state index is 0.248. The molecule has 0 bridgehead atoms. The highest BCUT2D eigenvalue weighted by Crippen LogP contribution is 2.26. The summed E-state index contributed by atoms with van der Waals surface area (Å²) in [5.74, 6) is 0.936. The highest BCUT2D eigenvalue weighted by atomic mass is 35.5. The van der Waals surface area contributed by atoms with E-state index in [1.807, 2.05) is 6.07 Å². The molecule has 98 valence electrons. The summed E-state index contributed by atoms with van der Waals surface area (Å²) in [7, 11) is 1.54. The van der Waals surface area contributed by atoms with Crippen LogP contribution in [0.25, 0.3) is 0 Å². The van der Waals surface area contributed by atoms with Gasteiger partial charge in [-0.2, -0.15) is 0 Å². The summed E-state index contributed by atoms with van der Waals surface area (Å²) in [5.41, 5.74) is 1.13. The van der Waals surface area contributed by atoms with Gasteiger partial charge >= 0.3 is 0 Å². The summed E-state index contributed by atoms with van der Waals surface area (Å²) < 4.78 is 10.7. The second-order valence-electron chi connectivity index (χ2n) is 3.73. The van der Waals surface area contributed by atoms with Crippen LogP contribution in [0.5, 0.6) is 11.6 Å². The number of aldehydes is 1. The Hall–Kier alpha value is -2.07. The Morgan fingerprint density at radius 3 is 2.89 bits per heavy atom. The first-order chi connectivity index (χ1) is 9.26. The zero-order valence-corrected chi connectivity index (χ0v) is 11.1. The van der Waals surface area contributed by atoms with Gasteiger partial charge in [-0.3, -0.25) is 4.79 Å². The number of pyridine rings is 1. The van der Waals surface area contributed by atoms with Crippen LogP contribution in [0.15, 0.2) is 36.5 Å². The van der Waals surface area contributed by atoms with Crippen molar-refractivity contribution in [1.82, 2.24) is 4.98 Å². The Balaban J connectivity index is 2.19. The number of ether oxygens (including phenoxy) is 2. The van der Waals surface area contributed by atoms with Gasteiger partial charge in [-0.25, -0.2) is 4.98 Å². The lowest BCUT2D eigenvalue weighted by Crippen LogP contribution is -2.02. The van der Waals surface area contributed by atoms with Crippen LogP contribution in [0.4, 0.5) is 0 Å². The quantitative estimate of drug-likeness (QED) is 0.788. The zero-order chi connectivity index (χ0) is 13.7. The number of benzene rings is 1. The van der Waals surface area contributed by atoms with Crippen LogP contribution < -0.4 is 9.47 Å². The van der Waals surface area contributed by atoms with Crippen molar-refractivity contribution in [3.8, 4) is 11.6 Å². The number of aromatic nitrogens is 1. The Morgan fingerprint density at radius 2 is 2.16 bits per heavy atom. The molecule has 2 aromatic rings. The third kappa shape index (κ3) is 3.03. The summed E-state index contributed by atoms with van der Waals surface area (Å²) in [6.45, 7) is 0.248. The van der Waals surface area contributed by atoms with Crippen molar-refractivity contribution in [3.63, 3.8) is 0 Å². The van der Waals surface area contributed by atoms with E-state index >= 15 is 0 Å². The van der Waals surface area contributed by atoms with E-state index in [0.717, 1.165) is 5.56 Å². The van der Waals surface area contributed by atoms with Crippen molar-refractivity contribution in [1.29, 1.82) is 0 Å². The van der Waals surface area contributed by atoms with E-state index < -0.39 is 0 Å². The maximum Gasteiger partial charge on any atom is 0.219 e. The molecule has 0 saturated heterocycles. The molecule has 0 amide bonds. The standard InChI is InChI=1S/C14H12ClNO3/c1-18-14-10(4-3-7-16-14)9-19-13-6-2-5-12(15)11(13)8-17/h2-8H,9H2,1H3. The molecule has 0 aliphatic heterocycles. The Kier molecular flexibility index (Phi) is 4.36. The number of carbonyl (C=O) groups is 1. The van der Waals surface area contributed by atoms with Crippen LogP contribution >= 0.6 is 11.6 Å². The van der Waals surface area contributed by atoms with Crippen LogP contribution in [0, 0.1) is 0 Å². The van der Waals surface area contributed by atoms with Gasteiger partial charge in [-0.1, -0.05) is 17.7 Å². The summed E-state index contributed by atoms with van der Waals surface area (Å²) >= 11 is 5.92. The molecule has 1 aromatic heterocycles. The molecule has 2 rings (SSSR count). The number of methoxy groups -OCH3 is 1. The molecule has 19 heavy (non-hydrogen) atoms. The van der Waals surface area contributed by atoms with Crippen LogP contribution in [0.2, 0.25) is 5.02 Å². The zero-order valence-electron chi connectivity index (χ0n) is 10.3. The molecule has 4 nitrogen and oxygen atoms in total. The maximum atomic E-state index is 11.0. The lowest BCUT2D eigenvalue weighted by atomic mass is 10.2. The third-order valence-electron chi connectivity index (χ3n) is 2.56. The van der Waals surface area contributed by atoms with E-state index in [1.54, 1.807) is 37.6 Å². The number of hydrogen-bond donors (Lipinski definition) is 0. The average molecular weight is 278 g/mol. The Morgan fingerprint density at radius 1 is 1.32 bits per heavy atom. The van der Waals surface area contributed by atoms with Gasteiger partial charge in [0.25, 0.3) is 0 Å². The first-order valence-corrected chi connectivity index (χ1v) is 5.98. The molecular weight excluding hydrogens is 266 g/mol. The minimum atomic E-state index is 0.248. The molecule has 0 saturated carbocycles. The second kappa shape index (κ2) is 6.20. The van der Waals surface area contributed by atoms with Gasteiger partial charge in [0.1, 0.15) is 12.4 Å². The first-order valence-electron chi connectivity index (χ1n) is 5.60. The Bertz CT molecular complexity index is 587. The van der Waals surface area contributed by atoms with Crippen LogP contribution in [0.3, 0.4) is 0 Å². The molecule has 0 N–H and O–H groups in total. The number of rotatable bonds is 5. The monoisotopic (exact) mass is 277 g/mol. The average Bonchev–Trinajstić information content (AvgIpc) is 2.45. The predicted molar refractivity (Wildman–Crippen MR) is 72.0 cm³/mol. The highest BCUT2D eigenvalue weighted by Gasteiger charge is 2.09. The summed E-state index contributed by atoms with van der Waals surface area (Å²) in [5, 5.41) is 0.366. The fraction of sp³-hybridized carbons (Fsp3) is 0.143. The number of carbonyl (C=O) groups excluding carboxylic acids is 1. The van der Waals surface area contributed by atoms with Crippen molar-refractivity contribution in [2.24, 2.45) is 0 Å². The molecule has 0 unspecified atom stereocenters. The SMILES string of the molecule is COc1ncccc1COc1cccc(Cl)c1C=O. The Labute approximate surface area is 115 Å². The highest BCUT2D eigenvalue weighted by molar-refractivity contribution is 6.33. The topological polar surface area (TPSA) is 48.4 Å². The van der Waals surface area contributed by atoms with Gasteiger partial charge in [-0.05, 0) is 24.3 Å². The molecule has 0 aliphatic carbocycles. The predicted octanol–water partition coefficient (Wildman–Crippen LogP) is 3.14. The third-order valence-corrected chi connectivity index (χ3v) is 2.89. The first kappa shape index (κ1) is 13.4. The lowest BCUT2D eigenvalue weighted by molar-refractivity contribution is 0.111. The molecule has 0 atom stereocenters. The molecule has 1 heterocycles. The van der Waals surface area contributed by atoms with Crippen LogP contribution in [-0.2, 0) is 6.61 Å². The van der Waals surface area contributed by atoms with Crippen molar-refractivity contribution in [3.05, 3.63) is 52.7 Å². The second-order valence-corrected chi connectivity index (χ2v) is 4.14. The van der Waals surface area contributed by atoms with Crippen molar-refractivity contribution < 1.29 is 14.3 Å². The van der Waals surface area contributed by atoms with Crippen LogP contribution in [-0.4, -0.2) is 18.4 Å².